The third kappa shape index (κ3) is 4.89. The Bertz CT molecular complexity index is 958. The van der Waals surface area contributed by atoms with Crippen LogP contribution < -0.4 is 20.7 Å². The Morgan fingerprint density at radius 3 is 2.73 bits per heavy atom. The Morgan fingerprint density at radius 1 is 1.20 bits per heavy atom. The van der Waals surface area contributed by atoms with Crippen LogP contribution in [0.5, 0.6) is 5.75 Å². The topological polar surface area (TPSA) is 101 Å². The molecule has 3 N–H and O–H groups in total. The van der Waals surface area contributed by atoms with Crippen molar-refractivity contribution < 1.29 is 19.1 Å². The first kappa shape index (κ1) is 21.2. The van der Waals surface area contributed by atoms with Gasteiger partial charge >= 0.3 is 5.97 Å². The van der Waals surface area contributed by atoms with E-state index in [4.69, 9.17) is 9.47 Å². The number of para-hydroxylation sites is 1. The van der Waals surface area contributed by atoms with Gasteiger partial charge in [0, 0.05) is 38.2 Å². The van der Waals surface area contributed by atoms with E-state index in [-0.39, 0.29) is 11.8 Å². The number of hydrogen-bond donors (Lipinski definition) is 3. The molecule has 1 heterocycles. The number of fused-ring (bicyclic) bond motifs is 1. The van der Waals surface area contributed by atoms with E-state index in [9.17, 15) is 9.59 Å². The molecule has 1 atom stereocenters. The normalized spacial score (nSPS) is 15.6. The highest BCUT2D eigenvalue weighted by Crippen LogP contribution is 2.31. The molecule has 30 heavy (non-hydrogen) atoms. The van der Waals surface area contributed by atoms with Crippen molar-refractivity contribution in [2.24, 2.45) is 4.99 Å². The van der Waals surface area contributed by atoms with Crippen molar-refractivity contribution in [3.05, 3.63) is 59.2 Å². The van der Waals surface area contributed by atoms with Gasteiger partial charge in [-0.25, -0.2) is 4.79 Å². The van der Waals surface area contributed by atoms with Gasteiger partial charge < -0.3 is 25.4 Å². The number of hydrogen-bond acceptors (Lipinski definition) is 5. The van der Waals surface area contributed by atoms with E-state index in [1.165, 1.54) is 14.2 Å². The molecule has 0 bridgehead atoms. The fourth-order valence-corrected chi connectivity index (χ4v) is 3.43. The van der Waals surface area contributed by atoms with Gasteiger partial charge in [-0.05, 0) is 29.3 Å². The molecule has 2 aromatic rings. The zero-order valence-electron chi connectivity index (χ0n) is 17.3. The number of aliphatic imine (C=N–C) groups is 1. The van der Waals surface area contributed by atoms with Crippen LogP contribution in [0.3, 0.4) is 0 Å². The smallest absolute Gasteiger partial charge is 0.341 e. The fraction of sp³-hybridized carbons (Fsp3) is 0.318. The molecule has 0 saturated heterocycles. The SMILES string of the molecule is CN=C(NCc1ccc(C(=O)OC)c(OC)c1)NCC1CC(=O)Nc2ccccc21. The van der Waals surface area contributed by atoms with E-state index < -0.39 is 5.97 Å². The third-order valence-corrected chi connectivity index (χ3v) is 4.98. The average molecular weight is 410 g/mol. The molecule has 3 rings (SSSR count). The van der Waals surface area contributed by atoms with Crippen molar-refractivity contribution in [2.75, 3.05) is 33.1 Å². The van der Waals surface area contributed by atoms with Gasteiger partial charge in [-0.1, -0.05) is 24.3 Å². The number of amides is 1. The molecule has 1 aliphatic heterocycles. The summed E-state index contributed by atoms with van der Waals surface area (Å²) in [6, 6.07) is 13.1. The van der Waals surface area contributed by atoms with E-state index in [1.807, 2.05) is 30.3 Å². The molecule has 8 nitrogen and oxygen atoms in total. The summed E-state index contributed by atoms with van der Waals surface area (Å²) in [5.41, 5.74) is 3.27. The van der Waals surface area contributed by atoms with Crippen LogP contribution in [0.2, 0.25) is 0 Å². The standard InChI is InChI=1S/C22H26N4O4/c1-23-22(24-12-14-8-9-17(21(28)30-3)19(10-14)29-2)25-13-15-11-20(27)26-18-7-5-4-6-16(15)18/h4-10,15H,11-13H2,1-3H3,(H,26,27)(H2,23,24,25). The monoisotopic (exact) mass is 410 g/mol. The average Bonchev–Trinajstić information content (AvgIpc) is 2.78. The number of nitrogens with one attached hydrogen (secondary N) is 3. The number of benzene rings is 2. The van der Waals surface area contributed by atoms with E-state index in [0.29, 0.717) is 36.8 Å². The summed E-state index contributed by atoms with van der Waals surface area (Å²) in [7, 11) is 4.54. The summed E-state index contributed by atoms with van der Waals surface area (Å²) in [6.07, 6.45) is 0.424. The predicted molar refractivity (Wildman–Crippen MR) is 115 cm³/mol. The van der Waals surface area contributed by atoms with Gasteiger partial charge in [0.25, 0.3) is 0 Å². The van der Waals surface area contributed by atoms with Crippen LogP contribution in [0.25, 0.3) is 0 Å². The number of methoxy groups -OCH3 is 2. The first-order valence-electron chi connectivity index (χ1n) is 9.64. The van der Waals surface area contributed by atoms with Crippen molar-refractivity contribution in [2.45, 2.75) is 18.9 Å². The third-order valence-electron chi connectivity index (χ3n) is 4.98. The molecule has 0 saturated carbocycles. The number of nitrogens with zero attached hydrogens (tertiary/aromatic N) is 1. The minimum absolute atomic E-state index is 0.0150. The van der Waals surface area contributed by atoms with Gasteiger partial charge in [0.15, 0.2) is 5.96 Å². The second kappa shape index (κ2) is 9.78. The fourth-order valence-electron chi connectivity index (χ4n) is 3.43. The van der Waals surface area contributed by atoms with Crippen molar-refractivity contribution >= 4 is 23.5 Å². The van der Waals surface area contributed by atoms with Crippen molar-refractivity contribution in [1.82, 2.24) is 10.6 Å². The molecular weight excluding hydrogens is 384 g/mol. The van der Waals surface area contributed by atoms with Crippen molar-refractivity contribution in [3.8, 4) is 5.75 Å². The van der Waals surface area contributed by atoms with E-state index in [0.717, 1.165) is 16.8 Å². The lowest BCUT2D eigenvalue weighted by atomic mass is 9.90. The molecule has 1 aliphatic rings. The molecule has 2 aromatic carbocycles. The van der Waals surface area contributed by atoms with Gasteiger partial charge in [0.05, 0.1) is 14.2 Å². The minimum atomic E-state index is -0.444. The first-order valence-corrected chi connectivity index (χ1v) is 9.64. The number of anilines is 1. The highest BCUT2D eigenvalue weighted by Gasteiger charge is 2.24. The van der Waals surface area contributed by atoms with Gasteiger partial charge in [-0.15, -0.1) is 0 Å². The van der Waals surface area contributed by atoms with Crippen LogP contribution in [0.1, 0.15) is 33.8 Å². The summed E-state index contributed by atoms with van der Waals surface area (Å²) < 4.78 is 10.1. The number of carbonyl (C=O) groups is 2. The second-order valence-electron chi connectivity index (χ2n) is 6.87. The van der Waals surface area contributed by atoms with Gasteiger partial charge in [-0.2, -0.15) is 0 Å². The Kier molecular flexibility index (Phi) is 6.90. The molecule has 0 spiro atoms. The largest absolute Gasteiger partial charge is 0.496 e. The maximum Gasteiger partial charge on any atom is 0.341 e. The highest BCUT2D eigenvalue weighted by atomic mass is 16.5. The Hall–Kier alpha value is -3.55. The van der Waals surface area contributed by atoms with Crippen LogP contribution in [-0.4, -0.2) is 45.6 Å². The molecule has 0 radical (unpaired) electrons. The van der Waals surface area contributed by atoms with Gasteiger partial charge in [0.1, 0.15) is 11.3 Å². The number of guanidine groups is 1. The van der Waals surface area contributed by atoms with E-state index in [1.54, 1.807) is 19.2 Å². The van der Waals surface area contributed by atoms with Gasteiger partial charge in [-0.3, -0.25) is 9.79 Å². The van der Waals surface area contributed by atoms with Crippen LogP contribution >= 0.6 is 0 Å². The number of rotatable bonds is 6. The number of esters is 1. The lowest BCUT2D eigenvalue weighted by Crippen LogP contribution is -2.40. The first-order chi connectivity index (χ1) is 14.5. The van der Waals surface area contributed by atoms with Crippen molar-refractivity contribution in [3.63, 3.8) is 0 Å². The quantitative estimate of drug-likeness (QED) is 0.384. The molecule has 0 aliphatic carbocycles. The Balaban J connectivity index is 1.61. The van der Waals surface area contributed by atoms with Crippen LogP contribution in [0.15, 0.2) is 47.5 Å². The molecule has 1 unspecified atom stereocenters. The number of carbonyl (C=O) groups excluding carboxylic acids is 2. The van der Waals surface area contributed by atoms with E-state index >= 15 is 0 Å². The summed E-state index contributed by atoms with van der Waals surface area (Å²) in [5, 5.41) is 9.44. The van der Waals surface area contributed by atoms with Crippen LogP contribution in [0, 0.1) is 0 Å². The minimum Gasteiger partial charge on any atom is -0.496 e. The van der Waals surface area contributed by atoms with Crippen molar-refractivity contribution in [1.29, 1.82) is 0 Å². The zero-order valence-corrected chi connectivity index (χ0v) is 17.3. The molecule has 8 heteroatoms. The Morgan fingerprint density at radius 2 is 2.00 bits per heavy atom. The lowest BCUT2D eigenvalue weighted by Gasteiger charge is -2.26. The molecular formula is C22H26N4O4. The second-order valence-corrected chi connectivity index (χ2v) is 6.87. The summed E-state index contributed by atoms with van der Waals surface area (Å²) in [4.78, 5) is 28.0. The van der Waals surface area contributed by atoms with Crippen LogP contribution in [-0.2, 0) is 16.1 Å². The van der Waals surface area contributed by atoms with Gasteiger partial charge in [0.2, 0.25) is 5.91 Å². The summed E-state index contributed by atoms with van der Waals surface area (Å²) >= 11 is 0. The summed E-state index contributed by atoms with van der Waals surface area (Å²) in [6.45, 7) is 1.06. The van der Waals surface area contributed by atoms with E-state index in [2.05, 4.69) is 20.9 Å². The number of ether oxygens (including phenoxy) is 2. The molecule has 1 amide bonds. The Labute approximate surface area is 175 Å². The summed E-state index contributed by atoms with van der Waals surface area (Å²) in [5.74, 6) is 0.707. The predicted octanol–water partition coefficient (Wildman–Crippen LogP) is 2.27. The molecule has 0 aromatic heterocycles. The maximum absolute atomic E-state index is 12.0. The maximum atomic E-state index is 12.0. The molecule has 158 valence electrons. The highest BCUT2D eigenvalue weighted by molar-refractivity contribution is 5.95. The van der Waals surface area contributed by atoms with Crippen LogP contribution in [0.4, 0.5) is 5.69 Å². The lowest BCUT2D eigenvalue weighted by molar-refractivity contribution is -0.116. The molecule has 0 fully saturated rings. The zero-order chi connectivity index (χ0) is 21.5.